The third-order valence-corrected chi connectivity index (χ3v) is 2.85. The van der Waals surface area contributed by atoms with Crippen LogP contribution in [0, 0.1) is 6.92 Å². The summed E-state index contributed by atoms with van der Waals surface area (Å²) in [7, 11) is 0. The van der Waals surface area contributed by atoms with Gasteiger partial charge in [-0.1, -0.05) is 23.7 Å². The van der Waals surface area contributed by atoms with E-state index in [4.69, 9.17) is 11.6 Å². The Morgan fingerprint density at radius 3 is 2.47 bits per heavy atom. The van der Waals surface area contributed by atoms with Gasteiger partial charge in [0.05, 0.1) is 5.92 Å². The summed E-state index contributed by atoms with van der Waals surface area (Å²) >= 11 is 5.87. The first-order valence-corrected chi connectivity index (χ1v) is 4.85. The molecule has 0 radical (unpaired) electrons. The second kappa shape index (κ2) is 3.56. The van der Waals surface area contributed by atoms with Crippen LogP contribution in [0.25, 0.3) is 0 Å². The molecule has 1 aliphatic carbocycles. The van der Waals surface area contributed by atoms with Crippen LogP contribution in [0.2, 0.25) is 5.02 Å². The van der Waals surface area contributed by atoms with E-state index in [1.165, 1.54) is 0 Å². The molecule has 0 aromatic heterocycles. The van der Waals surface area contributed by atoms with Gasteiger partial charge in [0, 0.05) is 10.6 Å². The van der Waals surface area contributed by atoms with Crippen molar-refractivity contribution in [1.82, 2.24) is 0 Å². The summed E-state index contributed by atoms with van der Waals surface area (Å²) in [6, 6.07) is 4.99. The molecule has 0 spiro atoms. The van der Waals surface area contributed by atoms with Crippen LogP contribution in [0.3, 0.4) is 0 Å². The van der Waals surface area contributed by atoms with E-state index in [-0.39, 0.29) is 0 Å². The number of hydrogen-bond acceptors (Lipinski definition) is 0. The van der Waals surface area contributed by atoms with Crippen molar-refractivity contribution in [3.8, 4) is 0 Å². The van der Waals surface area contributed by atoms with E-state index in [1.807, 2.05) is 6.92 Å². The van der Waals surface area contributed by atoms with E-state index in [0.717, 1.165) is 5.56 Å². The fourth-order valence-corrected chi connectivity index (χ4v) is 2.01. The number of halogens is 4. The summed E-state index contributed by atoms with van der Waals surface area (Å²) in [6.45, 7) is 1.84. The minimum absolute atomic E-state index is 0.346. The molecule has 0 amide bonds. The fourth-order valence-electron chi connectivity index (χ4n) is 1.66. The van der Waals surface area contributed by atoms with Crippen LogP contribution in [0.15, 0.2) is 29.9 Å². The second-order valence-electron chi connectivity index (χ2n) is 3.62. The van der Waals surface area contributed by atoms with Crippen molar-refractivity contribution in [2.24, 2.45) is 0 Å². The van der Waals surface area contributed by atoms with Crippen LogP contribution in [0.4, 0.5) is 13.2 Å². The minimum Gasteiger partial charge on any atom is -0.241 e. The smallest absolute Gasteiger partial charge is 0.241 e. The van der Waals surface area contributed by atoms with Crippen molar-refractivity contribution >= 4 is 11.6 Å². The Morgan fingerprint density at radius 1 is 1.33 bits per heavy atom. The van der Waals surface area contributed by atoms with E-state index in [9.17, 15) is 13.2 Å². The number of rotatable bonds is 1. The van der Waals surface area contributed by atoms with E-state index >= 15 is 0 Å². The van der Waals surface area contributed by atoms with Gasteiger partial charge in [0.2, 0.25) is 0 Å². The third kappa shape index (κ3) is 1.76. The summed E-state index contributed by atoms with van der Waals surface area (Å²) in [6.07, 6.45) is -3.50. The molecule has 1 fully saturated rings. The molecular weight excluding hydrogens is 225 g/mol. The molecule has 2 unspecified atom stereocenters. The molecule has 80 valence electrons. The molecule has 1 aromatic rings. The number of allylic oxidation sites excluding steroid dienone is 1. The highest BCUT2D eigenvalue weighted by Crippen LogP contribution is 2.53. The third-order valence-electron chi connectivity index (χ3n) is 2.52. The first-order valence-electron chi connectivity index (χ1n) is 4.47. The van der Waals surface area contributed by atoms with Crippen LogP contribution < -0.4 is 0 Å². The van der Waals surface area contributed by atoms with Crippen LogP contribution in [0.1, 0.15) is 17.0 Å². The first kappa shape index (κ1) is 10.6. The fraction of sp³-hybridized carbons (Fsp3) is 0.273. The second-order valence-corrected chi connectivity index (χ2v) is 4.03. The van der Waals surface area contributed by atoms with E-state index < -0.39 is 23.7 Å². The summed E-state index contributed by atoms with van der Waals surface area (Å²) in [4.78, 5) is 0. The van der Waals surface area contributed by atoms with Gasteiger partial charge >= 0.3 is 0 Å². The molecule has 1 aromatic carbocycles. The largest absolute Gasteiger partial charge is 0.273 e. The van der Waals surface area contributed by atoms with E-state index in [1.54, 1.807) is 18.2 Å². The molecule has 0 bridgehead atoms. The van der Waals surface area contributed by atoms with Gasteiger partial charge in [-0.25, -0.2) is 4.39 Å². The number of benzene rings is 1. The topological polar surface area (TPSA) is 0 Å². The van der Waals surface area contributed by atoms with Gasteiger partial charge in [0.15, 0.2) is 0 Å². The van der Waals surface area contributed by atoms with Gasteiger partial charge in [-0.2, -0.15) is 8.78 Å². The molecule has 0 heterocycles. The van der Waals surface area contributed by atoms with E-state index in [2.05, 4.69) is 0 Å². The van der Waals surface area contributed by atoms with Crippen molar-refractivity contribution in [2.45, 2.75) is 19.0 Å². The molecule has 15 heavy (non-hydrogen) atoms. The summed E-state index contributed by atoms with van der Waals surface area (Å²) < 4.78 is 37.5. The lowest BCUT2D eigenvalue weighted by molar-refractivity contribution is 0.408. The van der Waals surface area contributed by atoms with Gasteiger partial charge in [-0.15, -0.1) is 0 Å². The van der Waals surface area contributed by atoms with Gasteiger partial charge in [-0.3, -0.25) is 0 Å². The van der Waals surface area contributed by atoms with Crippen molar-refractivity contribution in [3.05, 3.63) is 46.0 Å². The summed E-state index contributed by atoms with van der Waals surface area (Å²) in [5.74, 6) is -0.844. The van der Waals surface area contributed by atoms with Crippen molar-refractivity contribution in [2.75, 3.05) is 0 Å². The monoisotopic (exact) mass is 232 g/mol. The highest BCUT2D eigenvalue weighted by Gasteiger charge is 2.50. The molecule has 0 N–H and O–H groups in total. The molecule has 0 saturated heterocycles. The maximum atomic E-state index is 13.1. The summed E-state index contributed by atoms with van der Waals surface area (Å²) in [5, 5.41) is 0.346. The lowest BCUT2D eigenvalue weighted by Gasteiger charge is -2.01. The predicted octanol–water partition coefficient (Wildman–Crippen LogP) is 4.23. The van der Waals surface area contributed by atoms with Crippen molar-refractivity contribution in [1.29, 1.82) is 0 Å². The number of hydrogen-bond donors (Lipinski definition) is 0. The van der Waals surface area contributed by atoms with Crippen molar-refractivity contribution < 1.29 is 13.2 Å². The zero-order chi connectivity index (χ0) is 11.2. The quantitative estimate of drug-likeness (QED) is 0.680. The first-order chi connectivity index (χ1) is 7.02. The molecule has 2 atom stereocenters. The highest BCUT2D eigenvalue weighted by atomic mass is 35.5. The van der Waals surface area contributed by atoms with Gasteiger partial charge in [-0.05, 0) is 24.1 Å². The van der Waals surface area contributed by atoms with E-state index in [0.29, 0.717) is 10.6 Å². The zero-order valence-electron chi connectivity index (χ0n) is 7.90. The molecule has 0 aliphatic heterocycles. The Kier molecular flexibility index (Phi) is 2.51. The van der Waals surface area contributed by atoms with Crippen LogP contribution in [-0.2, 0) is 0 Å². The van der Waals surface area contributed by atoms with Gasteiger partial charge < -0.3 is 0 Å². The zero-order valence-corrected chi connectivity index (χ0v) is 8.65. The Hall–Kier alpha value is -0.960. The molecule has 4 heteroatoms. The van der Waals surface area contributed by atoms with Crippen LogP contribution in [-0.4, -0.2) is 6.17 Å². The molecular formula is C11H8ClF3. The number of aryl methyl sites for hydroxylation is 1. The molecule has 1 saturated carbocycles. The highest BCUT2D eigenvalue weighted by molar-refractivity contribution is 6.31. The Labute approximate surface area is 90.4 Å². The lowest BCUT2D eigenvalue weighted by Crippen LogP contribution is -1.85. The maximum Gasteiger partial charge on any atom is 0.273 e. The standard InChI is InChI=1S/C11H8ClF3/c1-5-2-3-6(7(12)4-5)8-9(10(8)13)11(14)15/h2-4,8,10H,1H3. The van der Waals surface area contributed by atoms with Gasteiger partial charge in [0.25, 0.3) is 6.08 Å². The average molecular weight is 233 g/mol. The SMILES string of the molecule is Cc1ccc(C2C(=C(F)F)C2F)c(Cl)c1. The average Bonchev–Trinajstić information content (AvgIpc) is 2.77. The van der Waals surface area contributed by atoms with Crippen molar-refractivity contribution in [3.63, 3.8) is 0 Å². The Bertz CT molecular complexity index is 435. The van der Waals surface area contributed by atoms with Crippen LogP contribution in [0.5, 0.6) is 0 Å². The Morgan fingerprint density at radius 2 is 2.00 bits per heavy atom. The Balaban J connectivity index is 2.38. The lowest BCUT2D eigenvalue weighted by atomic mass is 10.1. The molecule has 2 rings (SSSR count). The van der Waals surface area contributed by atoms with Crippen LogP contribution >= 0.6 is 11.6 Å². The number of alkyl halides is 1. The minimum atomic E-state index is -1.93. The van der Waals surface area contributed by atoms with Gasteiger partial charge in [0.1, 0.15) is 6.17 Å². The molecule has 1 aliphatic rings. The maximum absolute atomic E-state index is 13.1. The molecule has 0 nitrogen and oxygen atoms in total. The summed E-state index contributed by atoms with van der Waals surface area (Å²) in [5.41, 5.74) is 0.935. The predicted molar refractivity (Wildman–Crippen MR) is 53.1 cm³/mol. The normalized spacial score (nSPS) is 24.2.